The Hall–Kier alpha value is -6.85. The van der Waals surface area contributed by atoms with Crippen LogP contribution in [0.1, 0.15) is 58.7 Å². The SMILES string of the molecule is [2H]C([2H])([2H])c1ccc2c(n1)oc1c(-c3cc(C([2H])(C)C)ccn3)[c-]cc(-c3ccccc3-c3cc(CCc4c[c-]c(-c5ccccn5)cc4)cc(CCc4c[c-]c(-c5ccccn5)cc4)c3)c12.[Ir+3]. The summed E-state index contributed by atoms with van der Waals surface area (Å²) in [5, 5.41) is 1.47. The Balaban J connectivity index is 0.00000578. The van der Waals surface area contributed by atoms with Crippen LogP contribution in [0.3, 0.4) is 0 Å². The molecule has 0 aliphatic rings. The van der Waals surface area contributed by atoms with Gasteiger partial charge in [0, 0.05) is 35.2 Å². The Labute approximate surface area is 394 Å². The van der Waals surface area contributed by atoms with E-state index in [0.717, 1.165) is 81.4 Å². The standard InChI is InChI=1S/C58H45N4O.Ir/c1-38(2)46-30-33-61-55(37-46)51-29-28-50(56-52-27-14-39(3)62-58(52)63-57(51)56)49-11-5-4-10-48(49)47-35-42(17-15-40-19-23-44(24-20-40)53-12-6-8-31-59-53)34-43(36-47)18-16-41-21-25-45(26-22-41)54-13-7-9-32-60-54;/h4-14,19-23,25,27-28,30-38H,15-18H2,1-3H3;/q-3;+3/i3D3,38D;. The van der Waals surface area contributed by atoms with Gasteiger partial charge in [-0.25, -0.2) is 4.98 Å². The Morgan fingerprint density at radius 1 is 0.578 bits per heavy atom. The maximum absolute atomic E-state index is 8.73. The van der Waals surface area contributed by atoms with Crippen molar-refractivity contribution in [1.82, 2.24) is 19.9 Å². The van der Waals surface area contributed by atoms with E-state index < -0.39 is 12.7 Å². The minimum Gasteiger partial charge on any atom is -0.486 e. The van der Waals surface area contributed by atoms with E-state index in [1.165, 1.54) is 22.3 Å². The van der Waals surface area contributed by atoms with Crippen molar-refractivity contribution in [3.63, 3.8) is 0 Å². The summed E-state index contributed by atoms with van der Waals surface area (Å²) in [5.41, 5.74) is 15.2. The number of benzene rings is 5. The fourth-order valence-corrected chi connectivity index (χ4v) is 8.33. The van der Waals surface area contributed by atoms with Gasteiger partial charge in [-0.3, -0.25) is 0 Å². The van der Waals surface area contributed by atoms with Crippen LogP contribution in [0.4, 0.5) is 0 Å². The van der Waals surface area contributed by atoms with Gasteiger partial charge in [-0.15, -0.1) is 82.9 Å². The minimum atomic E-state index is -2.42. The van der Waals surface area contributed by atoms with Crippen LogP contribution in [0, 0.1) is 25.1 Å². The molecule has 312 valence electrons. The second-order valence-electron chi connectivity index (χ2n) is 16.1. The van der Waals surface area contributed by atoms with Gasteiger partial charge in [-0.05, 0) is 101 Å². The van der Waals surface area contributed by atoms with Crippen molar-refractivity contribution >= 4 is 22.1 Å². The smallest absolute Gasteiger partial charge is 0.486 e. The number of hydrogen-bond acceptors (Lipinski definition) is 5. The maximum atomic E-state index is 8.73. The van der Waals surface area contributed by atoms with E-state index in [-0.39, 0.29) is 31.5 Å². The summed E-state index contributed by atoms with van der Waals surface area (Å²) in [7, 11) is 0. The number of rotatable bonds is 12. The Morgan fingerprint density at radius 2 is 1.20 bits per heavy atom. The Morgan fingerprint density at radius 3 is 1.80 bits per heavy atom. The van der Waals surface area contributed by atoms with E-state index >= 15 is 0 Å². The summed E-state index contributed by atoms with van der Waals surface area (Å²) >= 11 is 0. The van der Waals surface area contributed by atoms with E-state index in [2.05, 4.69) is 106 Å². The molecule has 0 aliphatic heterocycles. The molecule has 6 heteroatoms. The van der Waals surface area contributed by atoms with Gasteiger partial charge >= 0.3 is 20.1 Å². The van der Waals surface area contributed by atoms with E-state index in [0.29, 0.717) is 22.2 Å². The summed E-state index contributed by atoms with van der Waals surface area (Å²) in [6.45, 7) is 1.26. The number of furan rings is 1. The molecule has 5 aromatic carbocycles. The number of fused-ring (bicyclic) bond motifs is 3. The van der Waals surface area contributed by atoms with Crippen LogP contribution in [-0.2, 0) is 45.8 Å². The van der Waals surface area contributed by atoms with E-state index in [9.17, 15) is 0 Å². The third kappa shape index (κ3) is 8.99. The predicted octanol–water partition coefficient (Wildman–Crippen LogP) is 13.9. The van der Waals surface area contributed by atoms with Gasteiger partial charge in [-0.1, -0.05) is 122 Å². The average molecular weight is 1010 g/mol. The number of hydrogen-bond donors (Lipinski definition) is 0. The quantitative estimate of drug-likeness (QED) is 0.114. The third-order valence-corrected chi connectivity index (χ3v) is 11.6. The molecule has 5 heterocycles. The fraction of sp³-hybridized carbons (Fsp3) is 0.138. The number of nitrogens with zero attached hydrogens (tertiary/aromatic N) is 4. The summed E-state index contributed by atoms with van der Waals surface area (Å²) in [5.74, 6) is -0.862. The second-order valence-corrected chi connectivity index (χ2v) is 16.1. The molecule has 0 spiro atoms. The summed E-state index contributed by atoms with van der Waals surface area (Å²) in [6.07, 6.45) is 8.63. The van der Waals surface area contributed by atoms with Crippen LogP contribution in [0.5, 0.6) is 0 Å². The molecule has 64 heavy (non-hydrogen) atoms. The number of aromatic nitrogens is 4. The van der Waals surface area contributed by atoms with Gasteiger partial charge in [0.1, 0.15) is 0 Å². The van der Waals surface area contributed by atoms with E-state index in [4.69, 9.17) is 14.9 Å². The van der Waals surface area contributed by atoms with Crippen molar-refractivity contribution < 1.29 is 30.0 Å². The monoisotopic (exact) mass is 1010 g/mol. The first kappa shape index (κ1) is 37.7. The Bertz CT molecular complexity index is 3260. The molecule has 0 aliphatic carbocycles. The van der Waals surface area contributed by atoms with Crippen molar-refractivity contribution in [2.45, 2.75) is 52.3 Å². The predicted molar refractivity (Wildman–Crippen MR) is 255 cm³/mol. The molecule has 5 aromatic heterocycles. The van der Waals surface area contributed by atoms with Crippen LogP contribution < -0.4 is 0 Å². The van der Waals surface area contributed by atoms with Gasteiger partial charge in [0.2, 0.25) is 5.71 Å². The van der Waals surface area contributed by atoms with Gasteiger partial charge < -0.3 is 19.4 Å². The normalized spacial score (nSPS) is 12.6. The Kier molecular flexibility index (Phi) is 11.1. The van der Waals surface area contributed by atoms with Gasteiger partial charge in [-0.2, -0.15) is 0 Å². The zero-order valence-corrected chi connectivity index (χ0v) is 37.8. The number of pyridine rings is 4. The van der Waals surface area contributed by atoms with Gasteiger partial charge in [0.05, 0.1) is 5.58 Å². The zero-order valence-electron chi connectivity index (χ0n) is 39.4. The molecule has 0 radical (unpaired) electrons. The summed E-state index contributed by atoms with van der Waals surface area (Å²) in [6, 6.07) is 59.3. The average Bonchev–Trinajstić information content (AvgIpc) is 3.74. The van der Waals surface area contributed by atoms with Gasteiger partial charge in [0.15, 0.2) is 0 Å². The van der Waals surface area contributed by atoms with Crippen LogP contribution in [0.2, 0.25) is 0 Å². The topological polar surface area (TPSA) is 64.7 Å². The van der Waals surface area contributed by atoms with Crippen molar-refractivity contribution in [3.05, 3.63) is 216 Å². The molecular weight excluding hydrogens is 961 g/mol. The maximum Gasteiger partial charge on any atom is 3.00 e. The molecule has 10 rings (SSSR count). The molecule has 0 amide bonds. The number of aryl methyl sites for hydroxylation is 5. The van der Waals surface area contributed by atoms with E-state index in [1.54, 1.807) is 30.7 Å². The molecule has 0 atom stereocenters. The minimum absolute atomic E-state index is 0. The summed E-state index contributed by atoms with van der Waals surface area (Å²) in [4.78, 5) is 18.3. The second kappa shape index (κ2) is 18.9. The first-order chi connectivity index (χ1) is 32.4. The van der Waals surface area contributed by atoms with E-state index in [1.807, 2.05) is 74.5 Å². The van der Waals surface area contributed by atoms with Crippen molar-refractivity contribution in [3.8, 4) is 56.0 Å². The van der Waals surface area contributed by atoms with Crippen LogP contribution >= 0.6 is 0 Å². The van der Waals surface area contributed by atoms with Crippen molar-refractivity contribution in [2.75, 3.05) is 0 Å². The molecule has 10 aromatic rings. The van der Waals surface area contributed by atoms with Crippen molar-refractivity contribution in [1.29, 1.82) is 0 Å². The third-order valence-electron chi connectivity index (χ3n) is 11.6. The molecule has 0 saturated carbocycles. The van der Waals surface area contributed by atoms with Crippen LogP contribution in [0.25, 0.3) is 78.1 Å². The first-order valence-electron chi connectivity index (χ1n) is 23.3. The molecule has 0 bridgehead atoms. The molecule has 0 fully saturated rings. The fourth-order valence-electron chi connectivity index (χ4n) is 8.33. The molecular formula is C58H45IrN4O. The van der Waals surface area contributed by atoms with Crippen molar-refractivity contribution in [2.24, 2.45) is 0 Å². The molecule has 5 nitrogen and oxygen atoms in total. The molecule has 0 saturated heterocycles. The zero-order chi connectivity index (χ0) is 46.1. The molecule has 0 unspecified atom stereocenters. The van der Waals surface area contributed by atoms with Gasteiger partial charge in [0.25, 0.3) is 0 Å². The van der Waals surface area contributed by atoms with Crippen LogP contribution in [-0.4, -0.2) is 19.9 Å². The van der Waals surface area contributed by atoms with Crippen LogP contribution in [0.15, 0.2) is 169 Å². The largest absolute Gasteiger partial charge is 3.00 e. The summed E-state index contributed by atoms with van der Waals surface area (Å²) < 4.78 is 39.6. The first-order valence-corrected chi connectivity index (χ1v) is 21.3. The molecule has 0 N–H and O–H groups in total.